The average molecular weight is 349 g/mol. The fourth-order valence-electron chi connectivity index (χ4n) is 2.14. The molecule has 8 heteroatoms. The molecule has 0 aromatic heterocycles. The minimum Gasteiger partial charge on any atom is -0.394 e. The molecule has 0 aliphatic heterocycles. The standard InChI is InChI=1S/C16H19N3O4S/c17-24(22,23)15-8-6-13(7-9-15)18-16(21)19-14(11-20)10-12-4-2-1-3-5-12/h1-9,14,20H,10-11H2,(H2,17,22,23)(H2,18,19,21). The molecule has 0 saturated carbocycles. The topological polar surface area (TPSA) is 122 Å². The van der Waals surface area contributed by atoms with Crippen LogP contribution in [-0.4, -0.2) is 32.2 Å². The molecule has 1 atom stereocenters. The van der Waals surface area contributed by atoms with E-state index < -0.39 is 22.1 Å². The Hall–Kier alpha value is -2.42. The van der Waals surface area contributed by atoms with Crippen LogP contribution in [0.3, 0.4) is 0 Å². The Kier molecular flexibility index (Phi) is 5.91. The van der Waals surface area contributed by atoms with Gasteiger partial charge in [-0.3, -0.25) is 0 Å². The maximum absolute atomic E-state index is 12.0. The molecular formula is C16H19N3O4S. The molecule has 1 unspecified atom stereocenters. The first-order chi connectivity index (χ1) is 11.4. The fourth-order valence-corrected chi connectivity index (χ4v) is 2.66. The summed E-state index contributed by atoms with van der Waals surface area (Å²) in [7, 11) is -3.77. The molecule has 0 heterocycles. The maximum atomic E-state index is 12.0. The van der Waals surface area contributed by atoms with E-state index in [1.807, 2.05) is 30.3 Å². The Labute approximate surface area is 140 Å². The number of sulfonamides is 1. The number of rotatable bonds is 6. The molecule has 0 aliphatic rings. The number of primary sulfonamides is 1. The molecule has 0 bridgehead atoms. The SMILES string of the molecule is NS(=O)(=O)c1ccc(NC(=O)NC(CO)Cc2ccccc2)cc1. The first-order valence-corrected chi connectivity index (χ1v) is 8.78. The van der Waals surface area contributed by atoms with E-state index in [0.29, 0.717) is 12.1 Å². The van der Waals surface area contributed by atoms with Crippen LogP contribution < -0.4 is 15.8 Å². The van der Waals surface area contributed by atoms with Crippen molar-refractivity contribution in [2.45, 2.75) is 17.4 Å². The molecule has 7 nitrogen and oxygen atoms in total. The minimum atomic E-state index is -3.77. The van der Waals surface area contributed by atoms with Crippen molar-refractivity contribution in [2.75, 3.05) is 11.9 Å². The van der Waals surface area contributed by atoms with Gasteiger partial charge in [-0.15, -0.1) is 0 Å². The number of carbonyl (C=O) groups excluding carboxylic acids is 1. The summed E-state index contributed by atoms with van der Waals surface area (Å²) in [4.78, 5) is 11.9. The van der Waals surface area contributed by atoms with E-state index in [-0.39, 0.29) is 11.5 Å². The van der Waals surface area contributed by atoms with E-state index in [9.17, 15) is 18.3 Å². The third kappa shape index (κ3) is 5.34. The normalized spacial score (nSPS) is 12.4. The van der Waals surface area contributed by atoms with Crippen molar-refractivity contribution in [3.8, 4) is 0 Å². The smallest absolute Gasteiger partial charge is 0.319 e. The second kappa shape index (κ2) is 7.91. The van der Waals surface area contributed by atoms with Gasteiger partial charge in [0.15, 0.2) is 0 Å². The van der Waals surface area contributed by atoms with Gasteiger partial charge in [-0.25, -0.2) is 18.4 Å². The van der Waals surface area contributed by atoms with E-state index in [1.54, 1.807) is 0 Å². The van der Waals surface area contributed by atoms with Crippen LogP contribution in [0.25, 0.3) is 0 Å². The Morgan fingerprint density at radius 2 is 1.71 bits per heavy atom. The Bertz CT molecular complexity index is 777. The molecule has 0 fully saturated rings. The first kappa shape index (κ1) is 17.9. The molecule has 2 rings (SSSR count). The van der Waals surface area contributed by atoms with Crippen molar-refractivity contribution in [1.82, 2.24) is 5.32 Å². The lowest BCUT2D eigenvalue weighted by molar-refractivity contribution is 0.224. The summed E-state index contributed by atoms with van der Waals surface area (Å²) in [6, 6.07) is 14.0. The van der Waals surface area contributed by atoms with Gasteiger partial charge in [0.1, 0.15) is 0 Å². The number of hydrogen-bond acceptors (Lipinski definition) is 4. The zero-order valence-corrected chi connectivity index (χ0v) is 13.7. The highest BCUT2D eigenvalue weighted by Crippen LogP contribution is 2.12. The first-order valence-electron chi connectivity index (χ1n) is 7.23. The summed E-state index contributed by atoms with van der Waals surface area (Å²) < 4.78 is 22.3. The van der Waals surface area contributed by atoms with Crippen molar-refractivity contribution in [2.24, 2.45) is 5.14 Å². The van der Waals surface area contributed by atoms with E-state index in [2.05, 4.69) is 10.6 Å². The van der Waals surface area contributed by atoms with E-state index in [1.165, 1.54) is 24.3 Å². The summed E-state index contributed by atoms with van der Waals surface area (Å²) in [5, 5.41) is 19.7. The van der Waals surface area contributed by atoms with Gasteiger partial charge in [-0.2, -0.15) is 0 Å². The maximum Gasteiger partial charge on any atom is 0.319 e. The molecule has 0 spiro atoms. The summed E-state index contributed by atoms with van der Waals surface area (Å²) in [5.41, 5.74) is 1.41. The van der Waals surface area contributed by atoms with Crippen LogP contribution in [0.5, 0.6) is 0 Å². The second-order valence-corrected chi connectivity index (χ2v) is 6.80. The number of hydrogen-bond donors (Lipinski definition) is 4. The number of amides is 2. The molecule has 2 aromatic carbocycles. The van der Waals surface area contributed by atoms with E-state index in [4.69, 9.17) is 5.14 Å². The van der Waals surface area contributed by atoms with Gasteiger partial charge in [-0.1, -0.05) is 30.3 Å². The molecule has 0 radical (unpaired) electrons. The minimum absolute atomic E-state index is 0.0363. The average Bonchev–Trinajstić information content (AvgIpc) is 2.54. The van der Waals surface area contributed by atoms with Crippen LogP contribution in [0.1, 0.15) is 5.56 Å². The predicted octanol–water partition coefficient (Wildman–Crippen LogP) is 1.06. The second-order valence-electron chi connectivity index (χ2n) is 5.24. The van der Waals surface area contributed by atoms with Crippen LogP contribution in [0.2, 0.25) is 0 Å². The predicted molar refractivity (Wildman–Crippen MR) is 91.0 cm³/mol. The quantitative estimate of drug-likeness (QED) is 0.623. The number of aliphatic hydroxyl groups is 1. The number of nitrogens with two attached hydrogens (primary N) is 1. The van der Waals surface area contributed by atoms with E-state index >= 15 is 0 Å². The lowest BCUT2D eigenvalue weighted by Crippen LogP contribution is -2.41. The van der Waals surface area contributed by atoms with Crippen LogP contribution in [0.4, 0.5) is 10.5 Å². The molecule has 24 heavy (non-hydrogen) atoms. The fraction of sp³-hybridized carbons (Fsp3) is 0.188. The Morgan fingerprint density at radius 1 is 1.08 bits per heavy atom. The zero-order valence-electron chi connectivity index (χ0n) is 12.8. The van der Waals surface area contributed by atoms with Crippen molar-refractivity contribution in [3.05, 3.63) is 60.2 Å². The molecule has 128 valence electrons. The monoisotopic (exact) mass is 349 g/mol. The van der Waals surface area contributed by atoms with E-state index in [0.717, 1.165) is 5.56 Å². The zero-order chi connectivity index (χ0) is 17.6. The molecule has 2 aromatic rings. The number of nitrogens with one attached hydrogen (secondary N) is 2. The van der Waals surface area contributed by atoms with Gasteiger partial charge < -0.3 is 15.7 Å². The lowest BCUT2D eigenvalue weighted by atomic mass is 10.1. The Balaban J connectivity index is 1.94. The number of anilines is 1. The van der Waals surface area contributed by atoms with Crippen LogP contribution in [0.15, 0.2) is 59.5 Å². The van der Waals surface area contributed by atoms with Gasteiger partial charge in [-0.05, 0) is 36.2 Å². The summed E-state index contributed by atoms with van der Waals surface area (Å²) >= 11 is 0. The number of carbonyl (C=O) groups is 1. The van der Waals surface area contributed by atoms with Gasteiger partial charge in [0.05, 0.1) is 17.5 Å². The van der Waals surface area contributed by atoms with Crippen LogP contribution in [-0.2, 0) is 16.4 Å². The van der Waals surface area contributed by atoms with Crippen LogP contribution in [0, 0.1) is 0 Å². The third-order valence-corrected chi connectivity index (χ3v) is 4.25. The molecule has 0 aliphatic carbocycles. The van der Waals surface area contributed by atoms with Crippen molar-refractivity contribution >= 4 is 21.7 Å². The van der Waals surface area contributed by atoms with Crippen molar-refractivity contribution in [3.63, 3.8) is 0 Å². The molecule has 5 N–H and O–H groups in total. The van der Waals surface area contributed by atoms with Crippen molar-refractivity contribution in [1.29, 1.82) is 0 Å². The summed E-state index contributed by atoms with van der Waals surface area (Å²) in [6.07, 6.45) is 0.495. The van der Waals surface area contributed by atoms with Crippen LogP contribution >= 0.6 is 0 Å². The Morgan fingerprint density at radius 3 is 2.25 bits per heavy atom. The van der Waals surface area contributed by atoms with Crippen molar-refractivity contribution < 1.29 is 18.3 Å². The lowest BCUT2D eigenvalue weighted by Gasteiger charge is -2.17. The van der Waals surface area contributed by atoms with Gasteiger partial charge in [0.2, 0.25) is 10.0 Å². The number of benzene rings is 2. The largest absolute Gasteiger partial charge is 0.394 e. The highest BCUT2D eigenvalue weighted by atomic mass is 32.2. The third-order valence-electron chi connectivity index (χ3n) is 3.32. The van der Waals surface area contributed by atoms with Gasteiger partial charge in [0, 0.05) is 5.69 Å². The highest BCUT2D eigenvalue weighted by Gasteiger charge is 2.13. The summed E-state index contributed by atoms with van der Waals surface area (Å²) in [6.45, 7) is -0.202. The van der Waals surface area contributed by atoms with Gasteiger partial charge >= 0.3 is 6.03 Å². The molecule has 0 saturated heterocycles. The molecule has 2 amide bonds. The number of aliphatic hydroxyl groups excluding tert-OH is 1. The van der Waals surface area contributed by atoms with Gasteiger partial charge in [0.25, 0.3) is 0 Å². The highest BCUT2D eigenvalue weighted by molar-refractivity contribution is 7.89. The summed E-state index contributed by atoms with van der Waals surface area (Å²) in [5.74, 6) is 0. The number of urea groups is 1. The molecular weight excluding hydrogens is 330 g/mol.